The van der Waals surface area contributed by atoms with Gasteiger partial charge in [0.05, 0.1) is 23.6 Å². The van der Waals surface area contributed by atoms with Gasteiger partial charge in [-0.05, 0) is 44.9 Å². The van der Waals surface area contributed by atoms with E-state index in [2.05, 4.69) is 5.10 Å². The second-order valence-corrected chi connectivity index (χ2v) is 8.76. The van der Waals surface area contributed by atoms with Gasteiger partial charge in [-0.3, -0.25) is 14.3 Å². The minimum Gasteiger partial charge on any atom is -0.391 e. The highest BCUT2D eigenvalue weighted by Gasteiger charge is 2.49. The summed E-state index contributed by atoms with van der Waals surface area (Å²) in [6, 6.07) is 0. The van der Waals surface area contributed by atoms with E-state index in [9.17, 15) is 14.7 Å². The van der Waals surface area contributed by atoms with E-state index in [4.69, 9.17) is 0 Å². The van der Waals surface area contributed by atoms with Crippen molar-refractivity contribution < 1.29 is 14.7 Å². The molecular weight excluding hydrogens is 344 g/mol. The Morgan fingerprint density at radius 1 is 1.33 bits per heavy atom. The number of β-amino-alcohol motifs (C(OH)–C–C–N with tert-alkyl or cyclic N) is 1. The number of aryl methyl sites for hydroxylation is 2. The molecule has 27 heavy (non-hydrogen) atoms. The fourth-order valence-corrected chi connectivity index (χ4v) is 4.74. The second kappa shape index (κ2) is 6.93. The summed E-state index contributed by atoms with van der Waals surface area (Å²) in [5, 5.41) is 14.7. The van der Waals surface area contributed by atoms with Gasteiger partial charge in [0, 0.05) is 45.0 Å². The number of amides is 2. The molecule has 2 saturated heterocycles. The summed E-state index contributed by atoms with van der Waals surface area (Å²) in [7, 11) is 1.86. The van der Waals surface area contributed by atoms with Crippen LogP contribution in [0.1, 0.15) is 43.4 Å². The van der Waals surface area contributed by atoms with Gasteiger partial charge in [0.25, 0.3) is 0 Å². The molecule has 3 heterocycles. The van der Waals surface area contributed by atoms with Gasteiger partial charge in [-0.1, -0.05) is 0 Å². The van der Waals surface area contributed by atoms with E-state index in [-0.39, 0.29) is 11.8 Å². The number of aliphatic hydroxyl groups is 1. The molecule has 1 saturated carbocycles. The summed E-state index contributed by atoms with van der Waals surface area (Å²) in [5.41, 5.74) is 1.37. The van der Waals surface area contributed by atoms with E-state index in [1.807, 2.05) is 30.0 Å². The Hall–Kier alpha value is -1.89. The highest BCUT2D eigenvalue weighted by molar-refractivity contribution is 5.85. The van der Waals surface area contributed by atoms with Gasteiger partial charge in [0.1, 0.15) is 0 Å². The third-order valence-corrected chi connectivity index (χ3v) is 6.50. The molecule has 1 aromatic heterocycles. The first-order valence-electron chi connectivity index (χ1n) is 10.1. The Kier molecular flexibility index (Phi) is 4.74. The molecule has 2 amide bonds. The van der Waals surface area contributed by atoms with Crippen molar-refractivity contribution in [3.8, 4) is 0 Å². The van der Waals surface area contributed by atoms with Gasteiger partial charge in [0.2, 0.25) is 11.8 Å². The average molecular weight is 374 g/mol. The molecule has 7 heteroatoms. The van der Waals surface area contributed by atoms with E-state index in [0.29, 0.717) is 51.2 Å². The fourth-order valence-electron chi connectivity index (χ4n) is 4.74. The van der Waals surface area contributed by atoms with Crippen LogP contribution in [0.2, 0.25) is 0 Å². The molecule has 1 aromatic rings. The minimum atomic E-state index is -0.479. The molecule has 1 spiro atoms. The third kappa shape index (κ3) is 3.74. The van der Waals surface area contributed by atoms with Crippen molar-refractivity contribution >= 4 is 11.8 Å². The van der Waals surface area contributed by atoms with E-state index in [1.165, 1.54) is 12.8 Å². The maximum Gasteiger partial charge on any atom is 0.229 e. The lowest BCUT2D eigenvalue weighted by Crippen LogP contribution is -2.58. The zero-order valence-corrected chi connectivity index (χ0v) is 16.4. The van der Waals surface area contributed by atoms with Crippen molar-refractivity contribution in [3.05, 3.63) is 17.5 Å². The standard InChI is InChI=1S/C20H30N4O3/c1-14-16(12-22(2)21-14)9-18(26)23-7-5-20(6-8-23)10-17(25)13-24(19(20)27)11-15-3-4-15/h12,15,17,25H,3-11,13H2,1-2H3. The fraction of sp³-hybridized carbons (Fsp3) is 0.750. The quantitative estimate of drug-likeness (QED) is 0.849. The van der Waals surface area contributed by atoms with Gasteiger partial charge in [-0.25, -0.2) is 0 Å². The molecule has 7 nitrogen and oxygen atoms in total. The van der Waals surface area contributed by atoms with Crippen LogP contribution in [0.15, 0.2) is 6.20 Å². The molecule has 2 aliphatic heterocycles. The van der Waals surface area contributed by atoms with Crippen molar-refractivity contribution in [2.45, 2.75) is 51.6 Å². The summed E-state index contributed by atoms with van der Waals surface area (Å²) in [6.45, 7) is 4.37. The lowest BCUT2D eigenvalue weighted by Gasteiger charge is -2.48. The van der Waals surface area contributed by atoms with E-state index in [0.717, 1.165) is 17.8 Å². The van der Waals surface area contributed by atoms with Crippen LogP contribution in [0.5, 0.6) is 0 Å². The molecule has 148 valence electrons. The van der Waals surface area contributed by atoms with E-state index in [1.54, 1.807) is 4.68 Å². The van der Waals surface area contributed by atoms with Crippen molar-refractivity contribution in [2.24, 2.45) is 18.4 Å². The highest BCUT2D eigenvalue weighted by atomic mass is 16.3. The van der Waals surface area contributed by atoms with Crippen LogP contribution in [0.25, 0.3) is 0 Å². The second-order valence-electron chi connectivity index (χ2n) is 8.76. The highest BCUT2D eigenvalue weighted by Crippen LogP contribution is 2.42. The van der Waals surface area contributed by atoms with Gasteiger partial charge < -0.3 is 14.9 Å². The Bertz CT molecular complexity index is 730. The number of likely N-dealkylation sites (tertiary alicyclic amines) is 2. The van der Waals surface area contributed by atoms with Crippen LogP contribution >= 0.6 is 0 Å². The summed E-state index contributed by atoms with van der Waals surface area (Å²) in [6.07, 6.45) is 6.06. The van der Waals surface area contributed by atoms with Crippen LogP contribution in [-0.2, 0) is 23.1 Å². The molecule has 1 N–H and O–H groups in total. The maximum atomic E-state index is 13.1. The number of nitrogens with zero attached hydrogens (tertiary/aromatic N) is 4. The molecular formula is C20H30N4O3. The third-order valence-electron chi connectivity index (χ3n) is 6.50. The van der Waals surface area contributed by atoms with Crippen LogP contribution in [0.4, 0.5) is 0 Å². The molecule has 0 aromatic carbocycles. The number of aromatic nitrogens is 2. The van der Waals surface area contributed by atoms with Gasteiger partial charge >= 0.3 is 0 Å². The van der Waals surface area contributed by atoms with Gasteiger partial charge in [-0.15, -0.1) is 0 Å². The Labute approximate surface area is 160 Å². The number of piperidine rings is 2. The summed E-state index contributed by atoms with van der Waals surface area (Å²) in [5.74, 6) is 0.926. The largest absolute Gasteiger partial charge is 0.391 e. The van der Waals surface area contributed by atoms with Crippen LogP contribution in [0.3, 0.4) is 0 Å². The Morgan fingerprint density at radius 3 is 2.63 bits per heavy atom. The van der Waals surface area contributed by atoms with Crippen LogP contribution in [-0.4, -0.2) is 68.8 Å². The molecule has 1 aliphatic carbocycles. The zero-order valence-electron chi connectivity index (χ0n) is 16.4. The lowest BCUT2D eigenvalue weighted by atomic mass is 9.70. The SMILES string of the molecule is Cc1nn(C)cc1CC(=O)N1CCC2(CC1)CC(O)CN(CC1CC1)C2=O. The molecule has 3 fully saturated rings. The predicted octanol–water partition coefficient (Wildman–Crippen LogP) is 0.883. The van der Waals surface area contributed by atoms with Gasteiger partial charge in [0.15, 0.2) is 0 Å². The number of carbonyl (C=O) groups excluding carboxylic acids is 2. The minimum absolute atomic E-state index is 0.0968. The molecule has 0 radical (unpaired) electrons. The predicted molar refractivity (Wildman–Crippen MR) is 99.8 cm³/mol. The monoisotopic (exact) mass is 374 g/mol. The van der Waals surface area contributed by atoms with Crippen molar-refractivity contribution in [1.29, 1.82) is 0 Å². The Morgan fingerprint density at radius 2 is 2.04 bits per heavy atom. The molecule has 4 rings (SSSR count). The Balaban J connectivity index is 1.38. The molecule has 0 bridgehead atoms. The zero-order chi connectivity index (χ0) is 19.2. The number of rotatable bonds is 4. The topological polar surface area (TPSA) is 78.7 Å². The van der Waals surface area contributed by atoms with Crippen molar-refractivity contribution in [3.63, 3.8) is 0 Å². The first kappa shape index (κ1) is 18.5. The first-order chi connectivity index (χ1) is 12.9. The summed E-state index contributed by atoms with van der Waals surface area (Å²) in [4.78, 5) is 29.6. The number of hydrogen-bond acceptors (Lipinski definition) is 4. The van der Waals surface area contributed by atoms with E-state index < -0.39 is 11.5 Å². The number of carbonyl (C=O) groups is 2. The lowest BCUT2D eigenvalue weighted by molar-refractivity contribution is -0.158. The van der Waals surface area contributed by atoms with E-state index >= 15 is 0 Å². The number of hydrogen-bond donors (Lipinski definition) is 1. The number of aliphatic hydroxyl groups excluding tert-OH is 1. The van der Waals surface area contributed by atoms with Crippen molar-refractivity contribution in [2.75, 3.05) is 26.2 Å². The molecule has 3 aliphatic rings. The first-order valence-corrected chi connectivity index (χ1v) is 10.1. The molecule has 1 atom stereocenters. The van der Waals surface area contributed by atoms with Crippen LogP contribution in [0, 0.1) is 18.3 Å². The van der Waals surface area contributed by atoms with Gasteiger partial charge in [-0.2, -0.15) is 5.10 Å². The normalized spacial score (nSPS) is 25.3. The summed E-state index contributed by atoms with van der Waals surface area (Å²) >= 11 is 0. The molecule has 1 unspecified atom stereocenters. The average Bonchev–Trinajstić information content (AvgIpc) is 3.37. The van der Waals surface area contributed by atoms with Crippen molar-refractivity contribution in [1.82, 2.24) is 19.6 Å². The maximum absolute atomic E-state index is 13.1. The smallest absolute Gasteiger partial charge is 0.229 e. The van der Waals surface area contributed by atoms with Crippen LogP contribution < -0.4 is 0 Å². The summed E-state index contributed by atoms with van der Waals surface area (Å²) < 4.78 is 1.74.